The van der Waals surface area contributed by atoms with Gasteiger partial charge in [-0.1, -0.05) is 0 Å². The van der Waals surface area contributed by atoms with Crippen LogP contribution in [-0.2, 0) is 0 Å². The summed E-state index contributed by atoms with van der Waals surface area (Å²) >= 11 is 0. The van der Waals surface area contributed by atoms with Gasteiger partial charge < -0.3 is 5.11 Å². The number of hydrazone groups is 1. The minimum atomic E-state index is -0.326. The van der Waals surface area contributed by atoms with Gasteiger partial charge in [-0.25, -0.2) is 5.43 Å². The third-order valence-electron chi connectivity index (χ3n) is 2.55. The number of nitrogens with zero attached hydrogens (tertiary/aromatic N) is 2. The number of phenols is 1. The average molecular weight is 255 g/mol. The van der Waals surface area contributed by atoms with Gasteiger partial charge in [-0.05, 0) is 43.3 Å². The minimum absolute atomic E-state index is 0.119. The lowest BCUT2D eigenvalue weighted by atomic mass is 10.2. The molecule has 1 aromatic heterocycles. The van der Waals surface area contributed by atoms with E-state index in [4.69, 9.17) is 5.11 Å². The molecular formula is C14H13N3O2. The van der Waals surface area contributed by atoms with E-state index in [9.17, 15) is 4.79 Å². The number of phenolic OH excluding ortho intramolecular Hbond substituents is 1. The molecule has 0 fully saturated rings. The van der Waals surface area contributed by atoms with Gasteiger partial charge in [-0.15, -0.1) is 0 Å². The van der Waals surface area contributed by atoms with Gasteiger partial charge in [0.1, 0.15) is 5.75 Å². The molecule has 1 amide bonds. The molecule has 0 aliphatic heterocycles. The molecule has 96 valence electrons. The summed E-state index contributed by atoms with van der Waals surface area (Å²) in [7, 11) is 0. The Kier molecular flexibility index (Phi) is 3.87. The van der Waals surface area contributed by atoms with E-state index >= 15 is 0 Å². The van der Waals surface area contributed by atoms with Crippen molar-refractivity contribution in [3.05, 3.63) is 59.9 Å². The minimum Gasteiger partial charge on any atom is -0.508 e. The fourth-order valence-corrected chi connectivity index (χ4v) is 1.47. The number of hydrogen-bond acceptors (Lipinski definition) is 4. The number of benzene rings is 1. The molecule has 0 aliphatic rings. The van der Waals surface area contributed by atoms with Crippen LogP contribution in [0.4, 0.5) is 0 Å². The number of pyridine rings is 1. The largest absolute Gasteiger partial charge is 0.508 e. The van der Waals surface area contributed by atoms with Crippen LogP contribution in [0, 0.1) is 0 Å². The Morgan fingerprint density at radius 2 is 1.74 bits per heavy atom. The lowest BCUT2D eigenvalue weighted by Crippen LogP contribution is -2.19. The van der Waals surface area contributed by atoms with Gasteiger partial charge >= 0.3 is 0 Å². The summed E-state index contributed by atoms with van der Waals surface area (Å²) in [5.41, 5.74) is 4.48. The summed E-state index contributed by atoms with van der Waals surface area (Å²) < 4.78 is 0. The van der Waals surface area contributed by atoms with Gasteiger partial charge in [-0.2, -0.15) is 5.10 Å². The molecule has 0 saturated heterocycles. The number of amides is 1. The van der Waals surface area contributed by atoms with Crippen LogP contribution in [0.5, 0.6) is 5.75 Å². The Balaban J connectivity index is 2.06. The van der Waals surface area contributed by atoms with Crippen LogP contribution in [0.1, 0.15) is 22.8 Å². The van der Waals surface area contributed by atoms with Crippen molar-refractivity contribution in [1.29, 1.82) is 0 Å². The summed E-state index contributed by atoms with van der Waals surface area (Å²) in [4.78, 5) is 15.7. The maximum Gasteiger partial charge on any atom is 0.271 e. The highest BCUT2D eigenvalue weighted by Gasteiger charge is 2.04. The van der Waals surface area contributed by atoms with Crippen molar-refractivity contribution < 1.29 is 9.90 Å². The molecule has 1 heterocycles. The van der Waals surface area contributed by atoms with Crippen LogP contribution in [0.2, 0.25) is 0 Å². The van der Waals surface area contributed by atoms with Crippen LogP contribution < -0.4 is 5.43 Å². The van der Waals surface area contributed by atoms with Crippen LogP contribution >= 0.6 is 0 Å². The monoisotopic (exact) mass is 255 g/mol. The van der Waals surface area contributed by atoms with Gasteiger partial charge in [0.15, 0.2) is 0 Å². The second kappa shape index (κ2) is 5.77. The Labute approximate surface area is 110 Å². The predicted molar refractivity (Wildman–Crippen MR) is 72.0 cm³/mol. The molecule has 0 spiro atoms. The second-order valence-electron chi connectivity index (χ2n) is 3.92. The first-order valence-corrected chi connectivity index (χ1v) is 5.71. The third kappa shape index (κ3) is 3.38. The van der Waals surface area contributed by atoms with Gasteiger partial charge in [0.2, 0.25) is 0 Å². The summed E-state index contributed by atoms with van der Waals surface area (Å²) in [6.45, 7) is 1.80. The summed E-state index contributed by atoms with van der Waals surface area (Å²) in [6.07, 6.45) is 3.33. The van der Waals surface area contributed by atoms with Crippen molar-refractivity contribution in [2.45, 2.75) is 6.92 Å². The number of hydrogen-bond donors (Lipinski definition) is 2. The molecule has 0 radical (unpaired) electrons. The third-order valence-corrected chi connectivity index (χ3v) is 2.55. The number of aromatic hydroxyl groups is 1. The van der Waals surface area contributed by atoms with E-state index in [1.165, 1.54) is 24.3 Å². The molecule has 5 nitrogen and oxygen atoms in total. The number of rotatable bonds is 3. The van der Waals surface area contributed by atoms with Crippen molar-refractivity contribution in [1.82, 2.24) is 10.4 Å². The Morgan fingerprint density at radius 1 is 1.11 bits per heavy atom. The molecule has 0 aliphatic carbocycles. The van der Waals surface area contributed by atoms with Crippen LogP contribution in [0.3, 0.4) is 0 Å². The molecule has 0 bridgehead atoms. The highest BCUT2D eigenvalue weighted by atomic mass is 16.3. The lowest BCUT2D eigenvalue weighted by Gasteiger charge is -2.03. The average Bonchev–Trinajstić information content (AvgIpc) is 2.46. The first-order valence-electron chi connectivity index (χ1n) is 5.71. The van der Waals surface area contributed by atoms with E-state index < -0.39 is 0 Å². The van der Waals surface area contributed by atoms with Crippen molar-refractivity contribution in [3.8, 4) is 5.75 Å². The number of nitrogens with one attached hydrogen (secondary N) is 1. The quantitative estimate of drug-likeness (QED) is 0.650. The number of aromatic nitrogens is 1. The highest BCUT2D eigenvalue weighted by molar-refractivity contribution is 6.00. The Morgan fingerprint density at radius 3 is 2.37 bits per heavy atom. The molecule has 2 N–H and O–H groups in total. The van der Waals surface area contributed by atoms with E-state index in [1.807, 2.05) is 12.1 Å². The summed E-state index contributed by atoms with van der Waals surface area (Å²) in [5, 5.41) is 13.2. The van der Waals surface area contributed by atoms with Gasteiger partial charge in [0.25, 0.3) is 5.91 Å². The normalized spacial score (nSPS) is 11.1. The van der Waals surface area contributed by atoms with Crippen molar-refractivity contribution in [2.24, 2.45) is 5.10 Å². The topological polar surface area (TPSA) is 74.6 Å². The van der Waals surface area contributed by atoms with Gasteiger partial charge in [0, 0.05) is 23.5 Å². The number of carbonyl (C=O) groups excluding carboxylic acids is 1. The zero-order valence-corrected chi connectivity index (χ0v) is 10.4. The Bertz CT molecular complexity index is 592. The summed E-state index contributed by atoms with van der Waals surface area (Å²) in [5.74, 6) is -0.207. The lowest BCUT2D eigenvalue weighted by molar-refractivity contribution is 0.0955. The molecule has 0 unspecified atom stereocenters. The van der Waals surface area contributed by atoms with Gasteiger partial charge in [-0.3, -0.25) is 9.78 Å². The molecule has 19 heavy (non-hydrogen) atoms. The standard InChI is InChI=1S/C14H13N3O2/c1-10(11-6-8-15-9-7-11)16-17-14(19)12-2-4-13(18)5-3-12/h2-9,18H,1H3,(H,17,19)/b16-10-. The van der Waals surface area contributed by atoms with Crippen molar-refractivity contribution in [3.63, 3.8) is 0 Å². The zero-order valence-electron chi connectivity index (χ0n) is 10.4. The van der Waals surface area contributed by atoms with Crippen LogP contribution in [-0.4, -0.2) is 21.7 Å². The fraction of sp³-hybridized carbons (Fsp3) is 0.0714. The van der Waals surface area contributed by atoms with E-state index in [0.717, 1.165) is 5.56 Å². The van der Waals surface area contributed by atoms with E-state index in [-0.39, 0.29) is 11.7 Å². The smallest absolute Gasteiger partial charge is 0.271 e. The van der Waals surface area contributed by atoms with E-state index in [0.29, 0.717) is 11.3 Å². The molecule has 5 heteroatoms. The maximum absolute atomic E-state index is 11.8. The maximum atomic E-state index is 11.8. The first-order chi connectivity index (χ1) is 9.16. The summed E-state index contributed by atoms with van der Waals surface area (Å²) in [6, 6.07) is 9.59. The molecular weight excluding hydrogens is 242 g/mol. The molecule has 2 aromatic rings. The van der Waals surface area contributed by atoms with Gasteiger partial charge in [0.05, 0.1) is 5.71 Å². The van der Waals surface area contributed by atoms with E-state index in [1.54, 1.807) is 19.3 Å². The Hall–Kier alpha value is -2.69. The second-order valence-corrected chi connectivity index (χ2v) is 3.92. The number of carbonyl (C=O) groups is 1. The molecule has 2 rings (SSSR count). The molecule has 1 aromatic carbocycles. The van der Waals surface area contributed by atoms with Crippen molar-refractivity contribution >= 4 is 11.6 Å². The van der Waals surface area contributed by atoms with Crippen LogP contribution in [0.15, 0.2) is 53.9 Å². The predicted octanol–water partition coefficient (Wildman–Crippen LogP) is 1.94. The zero-order chi connectivity index (χ0) is 13.7. The SMILES string of the molecule is C/C(=N/NC(=O)c1ccc(O)cc1)c1ccncc1. The fourth-order valence-electron chi connectivity index (χ4n) is 1.47. The first kappa shape index (κ1) is 12.8. The van der Waals surface area contributed by atoms with Crippen LogP contribution in [0.25, 0.3) is 0 Å². The highest BCUT2D eigenvalue weighted by Crippen LogP contribution is 2.09. The van der Waals surface area contributed by atoms with Crippen molar-refractivity contribution in [2.75, 3.05) is 0 Å². The van der Waals surface area contributed by atoms with E-state index in [2.05, 4.69) is 15.5 Å². The molecule has 0 saturated carbocycles. The molecule has 0 atom stereocenters.